The molecule has 30 heavy (non-hydrogen) atoms. The van der Waals surface area contributed by atoms with Crippen molar-refractivity contribution in [1.82, 2.24) is 9.97 Å². The smallest absolute Gasteiger partial charge is 0.230 e. The maximum absolute atomic E-state index is 12.4. The molecular formula is C23H21N3O2S2. The van der Waals surface area contributed by atoms with Gasteiger partial charge in [0.05, 0.1) is 29.4 Å². The van der Waals surface area contributed by atoms with E-state index in [9.17, 15) is 4.79 Å². The zero-order chi connectivity index (χ0) is 20.9. The predicted molar refractivity (Wildman–Crippen MR) is 123 cm³/mol. The molecule has 1 amide bonds. The molecule has 0 spiro atoms. The van der Waals surface area contributed by atoms with E-state index in [1.54, 1.807) is 11.3 Å². The van der Waals surface area contributed by atoms with Crippen LogP contribution >= 0.6 is 22.7 Å². The van der Waals surface area contributed by atoms with Gasteiger partial charge in [-0.25, -0.2) is 9.97 Å². The molecular weight excluding hydrogens is 414 g/mol. The van der Waals surface area contributed by atoms with E-state index in [0.29, 0.717) is 6.61 Å². The van der Waals surface area contributed by atoms with Gasteiger partial charge in [0.1, 0.15) is 10.8 Å². The summed E-state index contributed by atoms with van der Waals surface area (Å²) in [6, 6.07) is 15.6. The van der Waals surface area contributed by atoms with E-state index in [-0.39, 0.29) is 12.3 Å². The summed E-state index contributed by atoms with van der Waals surface area (Å²) in [7, 11) is 0. The minimum atomic E-state index is -0.0872. The number of carbonyl (C=O) groups excluding carboxylic acids is 1. The normalized spacial score (nSPS) is 10.7. The Morgan fingerprint density at radius 3 is 2.37 bits per heavy atom. The van der Waals surface area contributed by atoms with Crippen LogP contribution in [-0.4, -0.2) is 22.5 Å². The Labute approximate surface area is 183 Å². The SMILES string of the molecule is CCOc1ccc(-c2nc(CC(=O)Nc3ccc(-c4csc(C)n4)cc3)cs2)cc1. The van der Waals surface area contributed by atoms with Crippen molar-refractivity contribution >= 4 is 34.3 Å². The second-order valence-electron chi connectivity index (χ2n) is 6.66. The minimum absolute atomic E-state index is 0.0872. The van der Waals surface area contributed by atoms with Crippen molar-refractivity contribution in [2.24, 2.45) is 0 Å². The highest BCUT2D eigenvalue weighted by atomic mass is 32.1. The van der Waals surface area contributed by atoms with Crippen molar-refractivity contribution < 1.29 is 9.53 Å². The Kier molecular flexibility index (Phi) is 6.21. The van der Waals surface area contributed by atoms with Gasteiger partial charge in [0, 0.05) is 27.6 Å². The van der Waals surface area contributed by atoms with Crippen LogP contribution in [0.15, 0.2) is 59.3 Å². The van der Waals surface area contributed by atoms with Crippen LogP contribution in [0.2, 0.25) is 0 Å². The first kappa shape index (κ1) is 20.3. The molecule has 4 rings (SSSR count). The first-order valence-electron chi connectivity index (χ1n) is 9.61. The van der Waals surface area contributed by atoms with Crippen molar-refractivity contribution in [1.29, 1.82) is 0 Å². The maximum Gasteiger partial charge on any atom is 0.230 e. The van der Waals surface area contributed by atoms with Crippen LogP contribution in [0.3, 0.4) is 0 Å². The second kappa shape index (κ2) is 9.19. The van der Waals surface area contributed by atoms with Crippen molar-refractivity contribution in [3.05, 3.63) is 70.0 Å². The number of rotatable bonds is 7. The highest BCUT2D eigenvalue weighted by Gasteiger charge is 2.10. The fourth-order valence-corrected chi connectivity index (χ4v) is 4.42. The molecule has 4 aromatic rings. The van der Waals surface area contributed by atoms with E-state index in [1.807, 2.05) is 73.1 Å². The zero-order valence-corrected chi connectivity index (χ0v) is 18.3. The largest absolute Gasteiger partial charge is 0.494 e. The van der Waals surface area contributed by atoms with Crippen LogP contribution in [-0.2, 0) is 11.2 Å². The number of aryl methyl sites for hydroxylation is 1. The number of amides is 1. The Hall–Kier alpha value is -3.03. The number of nitrogens with one attached hydrogen (secondary N) is 1. The number of aromatic nitrogens is 2. The number of carbonyl (C=O) groups is 1. The summed E-state index contributed by atoms with van der Waals surface area (Å²) >= 11 is 3.16. The summed E-state index contributed by atoms with van der Waals surface area (Å²) in [5.74, 6) is 0.754. The quantitative estimate of drug-likeness (QED) is 0.397. The standard InChI is InChI=1S/C23H21N3O2S2/c1-3-28-20-10-6-17(7-11-20)23-26-19(13-30-23)12-22(27)25-18-8-4-16(5-9-18)21-14-29-15(2)24-21/h4-11,13-14H,3,12H2,1-2H3,(H,25,27). The molecule has 0 aliphatic heterocycles. The summed E-state index contributed by atoms with van der Waals surface area (Å²) in [5.41, 5.74) is 4.54. The highest BCUT2D eigenvalue weighted by molar-refractivity contribution is 7.13. The third kappa shape index (κ3) is 4.93. The van der Waals surface area contributed by atoms with Gasteiger partial charge >= 0.3 is 0 Å². The Bertz CT molecular complexity index is 1130. The van der Waals surface area contributed by atoms with E-state index >= 15 is 0 Å². The molecule has 0 aliphatic rings. The number of ether oxygens (including phenoxy) is 1. The summed E-state index contributed by atoms with van der Waals surface area (Å²) in [4.78, 5) is 21.5. The topological polar surface area (TPSA) is 64.1 Å². The van der Waals surface area contributed by atoms with Gasteiger partial charge in [-0.3, -0.25) is 4.79 Å². The van der Waals surface area contributed by atoms with Crippen LogP contribution in [0.1, 0.15) is 17.6 Å². The van der Waals surface area contributed by atoms with Crippen molar-refractivity contribution in [2.75, 3.05) is 11.9 Å². The third-order valence-electron chi connectivity index (χ3n) is 4.39. The maximum atomic E-state index is 12.4. The van der Waals surface area contributed by atoms with Crippen LogP contribution in [0.5, 0.6) is 5.75 Å². The molecule has 1 N–H and O–H groups in total. The lowest BCUT2D eigenvalue weighted by Gasteiger charge is -2.05. The summed E-state index contributed by atoms with van der Waals surface area (Å²) in [6.07, 6.45) is 0.237. The molecule has 0 radical (unpaired) electrons. The third-order valence-corrected chi connectivity index (χ3v) is 6.10. The monoisotopic (exact) mass is 435 g/mol. The molecule has 0 aliphatic carbocycles. The lowest BCUT2D eigenvalue weighted by molar-refractivity contribution is -0.115. The summed E-state index contributed by atoms with van der Waals surface area (Å²) < 4.78 is 5.47. The molecule has 0 saturated heterocycles. The molecule has 7 heteroatoms. The molecule has 2 aromatic carbocycles. The van der Waals surface area contributed by atoms with Crippen LogP contribution < -0.4 is 10.1 Å². The number of anilines is 1. The molecule has 0 atom stereocenters. The van der Waals surface area contributed by atoms with Gasteiger partial charge in [-0.1, -0.05) is 12.1 Å². The Morgan fingerprint density at radius 2 is 1.70 bits per heavy atom. The minimum Gasteiger partial charge on any atom is -0.494 e. The van der Waals surface area contributed by atoms with Gasteiger partial charge in [0.2, 0.25) is 5.91 Å². The number of nitrogens with zero attached hydrogens (tertiary/aromatic N) is 2. The first-order chi connectivity index (χ1) is 14.6. The fraction of sp³-hybridized carbons (Fsp3) is 0.174. The van der Waals surface area contributed by atoms with Crippen LogP contribution in [0.25, 0.3) is 21.8 Å². The molecule has 0 fully saturated rings. The predicted octanol–water partition coefficient (Wildman–Crippen LogP) is 5.82. The molecule has 0 unspecified atom stereocenters. The lowest BCUT2D eigenvalue weighted by atomic mass is 10.1. The number of benzene rings is 2. The van der Waals surface area contributed by atoms with E-state index < -0.39 is 0 Å². The number of thiazole rings is 2. The molecule has 152 valence electrons. The number of hydrogen-bond donors (Lipinski definition) is 1. The highest BCUT2D eigenvalue weighted by Crippen LogP contribution is 2.26. The van der Waals surface area contributed by atoms with E-state index in [4.69, 9.17) is 4.74 Å². The summed E-state index contributed by atoms with van der Waals surface area (Å²) in [5, 5.41) is 8.83. The van der Waals surface area contributed by atoms with E-state index in [0.717, 1.165) is 44.0 Å². The average Bonchev–Trinajstić information content (AvgIpc) is 3.38. The van der Waals surface area contributed by atoms with Crippen molar-refractivity contribution in [2.45, 2.75) is 20.3 Å². The molecule has 0 saturated carbocycles. The Morgan fingerprint density at radius 1 is 0.967 bits per heavy atom. The number of hydrogen-bond acceptors (Lipinski definition) is 6. The fourth-order valence-electron chi connectivity index (χ4n) is 2.97. The average molecular weight is 436 g/mol. The van der Waals surface area contributed by atoms with Crippen molar-refractivity contribution in [3.63, 3.8) is 0 Å². The first-order valence-corrected chi connectivity index (χ1v) is 11.4. The van der Waals surface area contributed by atoms with Gasteiger partial charge in [-0.05, 0) is 50.2 Å². The van der Waals surface area contributed by atoms with Gasteiger partial charge in [0.15, 0.2) is 0 Å². The molecule has 2 heterocycles. The van der Waals surface area contributed by atoms with Crippen molar-refractivity contribution in [3.8, 4) is 27.6 Å². The van der Waals surface area contributed by atoms with E-state index in [1.165, 1.54) is 11.3 Å². The Balaban J connectivity index is 1.36. The van der Waals surface area contributed by atoms with Gasteiger partial charge < -0.3 is 10.1 Å². The van der Waals surface area contributed by atoms with Gasteiger partial charge in [0.25, 0.3) is 0 Å². The summed E-state index contributed by atoms with van der Waals surface area (Å²) in [6.45, 7) is 4.59. The molecule has 5 nitrogen and oxygen atoms in total. The second-order valence-corrected chi connectivity index (χ2v) is 8.58. The van der Waals surface area contributed by atoms with Crippen LogP contribution in [0.4, 0.5) is 5.69 Å². The van der Waals surface area contributed by atoms with Crippen LogP contribution in [0, 0.1) is 6.92 Å². The molecule has 2 aromatic heterocycles. The zero-order valence-electron chi connectivity index (χ0n) is 16.7. The van der Waals surface area contributed by atoms with Gasteiger partial charge in [-0.15, -0.1) is 22.7 Å². The van der Waals surface area contributed by atoms with E-state index in [2.05, 4.69) is 15.3 Å². The lowest BCUT2D eigenvalue weighted by Crippen LogP contribution is -2.14. The van der Waals surface area contributed by atoms with Gasteiger partial charge in [-0.2, -0.15) is 0 Å². The molecule has 0 bridgehead atoms.